The fourth-order valence-corrected chi connectivity index (χ4v) is 5.78. The zero-order valence-corrected chi connectivity index (χ0v) is 21.9. The van der Waals surface area contributed by atoms with Crippen LogP contribution in [0, 0.1) is 5.41 Å². The van der Waals surface area contributed by atoms with Crippen LogP contribution in [0.25, 0.3) is 22.3 Å². The van der Waals surface area contributed by atoms with E-state index in [-0.39, 0.29) is 5.41 Å². The molecular weight excluding hydrogens is 448 g/mol. The summed E-state index contributed by atoms with van der Waals surface area (Å²) in [6, 6.07) is 43.9. The van der Waals surface area contributed by atoms with E-state index in [0.717, 1.165) is 26.2 Å². The van der Waals surface area contributed by atoms with Gasteiger partial charge < -0.3 is 10.6 Å². The average Bonchev–Trinajstić information content (AvgIpc) is 3.28. The second-order valence-corrected chi connectivity index (χ2v) is 9.61. The van der Waals surface area contributed by atoms with Gasteiger partial charge in [0.2, 0.25) is 0 Å². The lowest BCUT2D eigenvalue weighted by Gasteiger charge is -2.37. The van der Waals surface area contributed by atoms with Crippen molar-refractivity contribution in [3.63, 3.8) is 0 Å². The van der Waals surface area contributed by atoms with Gasteiger partial charge in [0.1, 0.15) is 0 Å². The lowest BCUT2D eigenvalue weighted by atomic mass is 9.70. The zero-order valence-electron chi connectivity index (χ0n) is 21.9. The van der Waals surface area contributed by atoms with Gasteiger partial charge in [0, 0.05) is 18.5 Å². The lowest BCUT2D eigenvalue weighted by molar-refractivity contribution is 0.453. The van der Waals surface area contributed by atoms with Crippen molar-refractivity contribution in [2.75, 3.05) is 26.2 Å². The van der Waals surface area contributed by atoms with E-state index < -0.39 is 0 Å². The number of rotatable bonds is 10. The molecule has 0 unspecified atom stereocenters. The maximum atomic E-state index is 3.78. The van der Waals surface area contributed by atoms with Crippen LogP contribution in [0.3, 0.4) is 0 Å². The van der Waals surface area contributed by atoms with Crippen LogP contribution < -0.4 is 10.6 Å². The van der Waals surface area contributed by atoms with E-state index in [1.54, 1.807) is 0 Å². The molecule has 37 heavy (non-hydrogen) atoms. The molecular formula is C35H36N2. The van der Waals surface area contributed by atoms with Crippen molar-refractivity contribution in [1.82, 2.24) is 10.6 Å². The summed E-state index contributed by atoms with van der Waals surface area (Å²) >= 11 is 0. The molecule has 4 aromatic rings. The van der Waals surface area contributed by atoms with E-state index in [4.69, 9.17) is 0 Å². The molecule has 0 heterocycles. The minimum atomic E-state index is -0.273. The molecule has 1 aliphatic rings. The molecule has 0 aliphatic heterocycles. The largest absolute Gasteiger partial charge is 0.316 e. The van der Waals surface area contributed by atoms with Gasteiger partial charge in [-0.15, -0.1) is 0 Å². The summed E-state index contributed by atoms with van der Waals surface area (Å²) in [5, 5.41) is 7.55. The lowest BCUT2D eigenvalue weighted by Crippen LogP contribution is -2.43. The Morgan fingerprint density at radius 1 is 0.432 bits per heavy atom. The van der Waals surface area contributed by atoms with Crippen LogP contribution in [0.15, 0.2) is 121 Å². The Labute approximate surface area is 221 Å². The van der Waals surface area contributed by atoms with Crippen LogP contribution in [-0.2, 0) is 0 Å². The molecule has 2 N–H and O–H groups in total. The van der Waals surface area contributed by atoms with Gasteiger partial charge in [-0.1, -0.05) is 135 Å². The van der Waals surface area contributed by atoms with E-state index in [1.807, 2.05) is 0 Å². The molecule has 0 atom stereocenters. The summed E-state index contributed by atoms with van der Waals surface area (Å²) in [6.07, 6.45) is 0. The first-order chi connectivity index (χ1) is 18.3. The van der Waals surface area contributed by atoms with Gasteiger partial charge in [-0.05, 0) is 57.6 Å². The van der Waals surface area contributed by atoms with Gasteiger partial charge in [0.25, 0.3) is 0 Å². The molecule has 0 saturated carbocycles. The summed E-state index contributed by atoms with van der Waals surface area (Å²) in [5.74, 6) is 0. The van der Waals surface area contributed by atoms with Crippen LogP contribution in [-0.4, -0.2) is 26.2 Å². The van der Waals surface area contributed by atoms with Gasteiger partial charge in [-0.3, -0.25) is 0 Å². The molecule has 0 radical (unpaired) electrons. The molecule has 0 saturated heterocycles. The molecule has 0 bridgehead atoms. The Balaban J connectivity index is 1.96. The first-order valence-electron chi connectivity index (χ1n) is 13.4. The summed E-state index contributed by atoms with van der Waals surface area (Å²) in [6.45, 7) is 7.92. The fraction of sp³-hybridized carbons (Fsp3) is 0.200. The summed E-state index contributed by atoms with van der Waals surface area (Å²) in [5.41, 5.74) is 10.2. The molecule has 186 valence electrons. The fourth-order valence-electron chi connectivity index (χ4n) is 5.78. The number of hydrogen-bond acceptors (Lipinski definition) is 2. The Kier molecular flexibility index (Phi) is 7.79. The highest BCUT2D eigenvalue weighted by atomic mass is 14.9. The van der Waals surface area contributed by atoms with E-state index >= 15 is 0 Å². The Hall–Kier alpha value is -3.72. The summed E-state index contributed by atoms with van der Waals surface area (Å²) in [7, 11) is 0. The monoisotopic (exact) mass is 484 g/mol. The van der Waals surface area contributed by atoms with E-state index in [9.17, 15) is 0 Å². The van der Waals surface area contributed by atoms with Crippen molar-refractivity contribution < 1.29 is 0 Å². The molecule has 4 aromatic carbocycles. The third-order valence-corrected chi connectivity index (χ3v) is 7.31. The number of nitrogens with one attached hydrogen (secondary N) is 2. The van der Waals surface area contributed by atoms with Crippen molar-refractivity contribution in [2.45, 2.75) is 13.8 Å². The van der Waals surface area contributed by atoms with Gasteiger partial charge in [-0.2, -0.15) is 0 Å². The number of hydrogen-bond donors (Lipinski definition) is 2. The van der Waals surface area contributed by atoms with Crippen LogP contribution >= 0.6 is 0 Å². The summed E-state index contributed by atoms with van der Waals surface area (Å²) in [4.78, 5) is 0. The molecule has 2 heteroatoms. The molecule has 0 aromatic heterocycles. The van der Waals surface area contributed by atoms with Crippen molar-refractivity contribution in [3.8, 4) is 0 Å². The third kappa shape index (κ3) is 4.83. The Morgan fingerprint density at radius 2 is 0.730 bits per heavy atom. The molecule has 1 aliphatic carbocycles. The first-order valence-corrected chi connectivity index (χ1v) is 13.4. The molecule has 0 spiro atoms. The standard InChI is InChI=1S/C35H36N2/c1-3-36-25-35(26-37-4-2)33(29-21-13-7-14-22-29)31(27-17-9-5-10-18-27)32(28-19-11-6-12-20-28)34(35)30-23-15-8-16-24-30/h5-24,36-37H,3-4,25-26H2,1-2H3. The van der Waals surface area contributed by atoms with E-state index in [0.29, 0.717) is 0 Å². The predicted molar refractivity (Wildman–Crippen MR) is 159 cm³/mol. The minimum Gasteiger partial charge on any atom is -0.316 e. The number of allylic oxidation sites excluding steroid dienone is 2. The van der Waals surface area contributed by atoms with Crippen LogP contribution in [0.4, 0.5) is 0 Å². The second-order valence-electron chi connectivity index (χ2n) is 9.61. The summed E-state index contributed by atoms with van der Waals surface area (Å²) < 4.78 is 0. The maximum absolute atomic E-state index is 3.78. The number of benzene rings is 4. The molecule has 0 amide bonds. The van der Waals surface area contributed by atoms with Crippen molar-refractivity contribution in [1.29, 1.82) is 0 Å². The quantitative estimate of drug-likeness (QED) is 0.245. The highest BCUT2D eigenvalue weighted by molar-refractivity contribution is 6.29. The maximum Gasteiger partial charge on any atom is 0.0475 e. The molecule has 0 fully saturated rings. The van der Waals surface area contributed by atoms with E-state index in [2.05, 4.69) is 146 Å². The van der Waals surface area contributed by atoms with Crippen LogP contribution in [0.1, 0.15) is 36.1 Å². The highest BCUT2D eigenvalue weighted by Gasteiger charge is 2.47. The third-order valence-electron chi connectivity index (χ3n) is 7.31. The van der Waals surface area contributed by atoms with Crippen LogP contribution in [0.2, 0.25) is 0 Å². The average molecular weight is 485 g/mol. The van der Waals surface area contributed by atoms with Crippen molar-refractivity contribution >= 4 is 22.3 Å². The van der Waals surface area contributed by atoms with Gasteiger partial charge in [-0.25, -0.2) is 0 Å². The van der Waals surface area contributed by atoms with Gasteiger partial charge in [0.15, 0.2) is 0 Å². The van der Waals surface area contributed by atoms with Crippen molar-refractivity contribution in [2.24, 2.45) is 5.41 Å². The van der Waals surface area contributed by atoms with Gasteiger partial charge >= 0.3 is 0 Å². The smallest absolute Gasteiger partial charge is 0.0475 e. The highest BCUT2D eigenvalue weighted by Crippen LogP contribution is 2.60. The predicted octanol–water partition coefficient (Wildman–Crippen LogP) is 7.43. The minimum absolute atomic E-state index is 0.273. The normalized spacial score (nSPS) is 14.9. The second kappa shape index (κ2) is 11.6. The van der Waals surface area contributed by atoms with Gasteiger partial charge in [0.05, 0.1) is 0 Å². The Bertz CT molecular complexity index is 1250. The first kappa shape index (κ1) is 25.0. The van der Waals surface area contributed by atoms with Crippen molar-refractivity contribution in [3.05, 3.63) is 144 Å². The zero-order chi connectivity index (χ0) is 25.5. The van der Waals surface area contributed by atoms with Crippen LogP contribution in [0.5, 0.6) is 0 Å². The topological polar surface area (TPSA) is 24.1 Å². The Morgan fingerprint density at radius 3 is 1.03 bits per heavy atom. The molecule has 5 rings (SSSR count). The molecule has 2 nitrogen and oxygen atoms in total. The SMILES string of the molecule is CCNCC1(CNCC)C(c2ccccc2)=C(c2ccccc2)C(c2ccccc2)=C1c1ccccc1. The van der Waals surface area contributed by atoms with E-state index in [1.165, 1.54) is 44.5 Å².